The van der Waals surface area contributed by atoms with Crippen LogP contribution >= 0.6 is 0 Å². The Morgan fingerprint density at radius 1 is 0.345 bits per heavy atom. The number of rotatable bonds is 5. The van der Waals surface area contributed by atoms with E-state index < -0.39 is 0 Å². The van der Waals surface area contributed by atoms with Gasteiger partial charge in [0, 0.05) is 118 Å². The first-order valence-corrected chi connectivity index (χ1v) is 26.1. The van der Waals surface area contributed by atoms with E-state index in [0.29, 0.717) is 0 Å². The third-order valence-corrected chi connectivity index (χ3v) is 17.6. The quantitative estimate of drug-likeness (QED) is 0.288. The lowest BCUT2D eigenvalue weighted by Crippen LogP contribution is -2.53. The minimum absolute atomic E-state index is 0.736. The van der Waals surface area contributed by atoms with E-state index in [1.807, 2.05) is 0 Å². The predicted octanol–water partition coefficient (Wildman–Crippen LogP) is 9.11. The summed E-state index contributed by atoms with van der Waals surface area (Å²) in [6, 6.07) is 9.92. The van der Waals surface area contributed by atoms with Crippen LogP contribution in [0.1, 0.15) is 178 Å². The number of piperazine rings is 2. The fraction of sp³-hybridized carbons (Fsp3) is 1.00. The molecule has 0 spiro atoms. The molecule has 0 aromatic rings. The highest BCUT2D eigenvalue weighted by Gasteiger charge is 2.43. The van der Waals surface area contributed by atoms with Crippen LogP contribution in [0.5, 0.6) is 0 Å². The number of fused-ring (bicyclic) bond motifs is 11. The standard InChI is InChI=1S/C13H23N.C11H21N.C10H19N.C9H18N2.C8H16N2/c1-9(2)14-8-12-4-10-3-11(5-12)7-13(14)6-10;1-9(2)12-8-10-4-3-5-11(12)7-6-10;1-8(2)11-7-9-4-3-5-10(11)6-9;1-7(2)11-5-8-3-4-9(6-11)10-8;1-6(2)10-5-7-3-8(10)4-9-7/h9-13H,3-8H2,1-2H3;9-11H,3-8H2,1-2H3;8-10H,3-7H2,1-2H3;7-10H,3-6H2,1-2H3;6-9H,3-5H2,1-2H3. The predicted molar refractivity (Wildman–Crippen MR) is 248 cm³/mol. The van der Waals surface area contributed by atoms with Crippen LogP contribution in [0.3, 0.4) is 0 Å². The second-order valence-electron chi connectivity index (χ2n) is 23.5. The Bertz CT molecular complexity index is 1190. The fourth-order valence-corrected chi connectivity index (χ4v) is 14.7. The summed E-state index contributed by atoms with van der Waals surface area (Å²) in [4.78, 5) is 13.5. The van der Waals surface area contributed by atoms with Crippen LogP contribution in [0.25, 0.3) is 0 Å². The first kappa shape index (κ1) is 45.7. The van der Waals surface area contributed by atoms with Gasteiger partial charge in [0.25, 0.3) is 0 Å². The van der Waals surface area contributed by atoms with Crippen LogP contribution in [0.4, 0.5) is 0 Å². The van der Waals surface area contributed by atoms with E-state index in [1.54, 1.807) is 19.3 Å². The number of hydrogen-bond donors (Lipinski definition) is 2. The van der Waals surface area contributed by atoms with Gasteiger partial charge in [0.15, 0.2) is 0 Å². The molecule has 0 aromatic heterocycles. The van der Waals surface area contributed by atoms with Crippen LogP contribution in [-0.2, 0) is 0 Å². The topological polar surface area (TPSA) is 40.3 Å². The normalized spacial score (nSPS) is 40.6. The van der Waals surface area contributed by atoms with Gasteiger partial charge in [-0.1, -0.05) is 12.8 Å². The molecular weight excluding hydrogens is 711 g/mol. The van der Waals surface area contributed by atoms with E-state index in [0.717, 1.165) is 102 Å². The van der Waals surface area contributed by atoms with E-state index in [4.69, 9.17) is 0 Å². The second kappa shape index (κ2) is 20.9. The van der Waals surface area contributed by atoms with Crippen molar-refractivity contribution in [1.29, 1.82) is 0 Å². The molecule has 13 rings (SSSR count). The summed E-state index contributed by atoms with van der Waals surface area (Å²) in [6.07, 6.45) is 25.3. The van der Waals surface area contributed by atoms with Crippen molar-refractivity contribution < 1.29 is 0 Å². The summed E-state index contributed by atoms with van der Waals surface area (Å²) < 4.78 is 0. The van der Waals surface area contributed by atoms with Crippen molar-refractivity contribution in [2.75, 3.05) is 45.8 Å². The SMILES string of the molecule is CC(C)N1CC2CC1CN2.CC(C)N1CC2CC3CC(C2)CC1C3.CC(C)N1CC2CCC(C1)N2.CC(C)N1CC2CCCC1C2.CC(C)N1CC2CCCC1CC2. The lowest BCUT2D eigenvalue weighted by Gasteiger charge is -2.40. The van der Waals surface area contributed by atoms with Crippen molar-refractivity contribution >= 4 is 0 Å². The number of piperidine rings is 1. The summed E-state index contributed by atoms with van der Waals surface area (Å²) in [7, 11) is 0. The van der Waals surface area contributed by atoms with Gasteiger partial charge in [0.1, 0.15) is 0 Å². The Balaban J connectivity index is 0.000000111. The largest absolute Gasteiger partial charge is 0.311 e. The van der Waals surface area contributed by atoms with Crippen molar-refractivity contribution in [1.82, 2.24) is 35.1 Å². The lowest BCUT2D eigenvalue weighted by atomic mass is 9.68. The van der Waals surface area contributed by atoms with Gasteiger partial charge in [-0.25, -0.2) is 0 Å². The smallest absolute Gasteiger partial charge is 0.0239 e. The van der Waals surface area contributed by atoms with Crippen LogP contribution in [-0.4, -0.2) is 143 Å². The lowest BCUT2D eigenvalue weighted by molar-refractivity contribution is 0.0914. The molecule has 9 saturated heterocycles. The van der Waals surface area contributed by atoms with Crippen molar-refractivity contribution in [3.63, 3.8) is 0 Å². The van der Waals surface area contributed by atoms with Crippen molar-refractivity contribution in [3.8, 4) is 0 Å². The zero-order valence-corrected chi connectivity index (χ0v) is 40.0. The van der Waals surface area contributed by atoms with Gasteiger partial charge in [0.2, 0.25) is 0 Å². The molecule has 12 bridgehead atoms. The molecule has 10 unspecified atom stereocenters. The molecule has 7 heteroatoms. The highest BCUT2D eigenvalue weighted by atomic mass is 15.3. The monoisotopic (exact) mass is 808 g/mol. The van der Waals surface area contributed by atoms with Gasteiger partial charge >= 0.3 is 0 Å². The van der Waals surface area contributed by atoms with Crippen LogP contribution in [0.15, 0.2) is 0 Å². The molecular formula is C51H97N7. The average Bonchev–Trinajstić information content (AvgIpc) is 3.86. The van der Waals surface area contributed by atoms with Gasteiger partial charge in [-0.05, 0) is 195 Å². The van der Waals surface area contributed by atoms with E-state index >= 15 is 0 Å². The average molecular weight is 808 g/mol. The Kier molecular flexibility index (Phi) is 16.5. The van der Waals surface area contributed by atoms with Crippen LogP contribution in [0.2, 0.25) is 0 Å². The summed E-state index contributed by atoms with van der Waals surface area (Å²) in [5.74, 6) is 5.33. The molecule has 9 heterocycles. The maximum absolute atomic E-state index is 3.63. The van der Waals surface area contributed by atoms with E-state index in [-0.39, 0.29) is 0 Å². The summed E-state index contributed by atoms with van der Waals surface area (Å²) in [5, 5.41) is 7.13. The number of nitrogens with zero attached hydrogens (tertiary/aromatic N) is 5. The third-order valence-electron chi connectivity index (χ3n) is 17.6. The van der Waals surface area contributed by atoms with E-state index in [2.05, 4.69) is 104 Å². The second-order valence-corrected chi connectivity index (χ2v) is 23.5. The molecule has 336 valence electrons. The summed E-state index contributed by atoms with van der Waals surface area (Å²) in [5.41, 5.74) is 0. The van der Waals surface area contributed by atoms with E-state index in [1.165, 1.54) is 136 Å². The highest BCUT2D eigenvalue weighted by Crippen LogP contribution is 2.48. The number of nitrogens with one attached hydrogen (secondary N) is 2. The molecule has 4 aliphatic carbocycles. The summed E-state index contributed by atoms with van der Waals surface area (Å²) in [6.45, 7) is 32.5. The van der Waals surface area contributed by atoms with Crippen molar-refractivity contribution in [3.05, 3.63) is 0 Å². The van der Waals surface area contributed by atoms with Crippen LogP contribution < -0.4 is 10.6 Å². The summed E-state index contributed by atoms with van der Waals surface area (Å²) >= 11 is 0. The third kappa shape index (κ3) is 11.8. The first-order chi connectivity index (χ1) is 27.8. The molecule has 0 amide bonds. The molecule has 0 radical (unpaired) electrons. The number of likely N-dealkylation sites (tertiary alicyclic amines) is 3. The molecule has 4 saturated carbocycles. The van der Waals surface area contributed by atoms with Gasteiger partial charge in [-0.15, -0.1) is 0 Å². The Labute approximate surface area is 360 Å². The molecule has 7 nitrogen and oxygen atoms in total. The van der Waals surface area contributed by atoms with Crippen molar-refractivity contribution in [2.24, 2.45) is 29.6 Å². The van der Waals surface area contributed by atoms with Gasteiger partial charge in [-0.2, -0.15) is 0 Å². The zero-order chi connectivity index (χ0) is 41.1. The van der Waals surface area contributed by atoms with Gasteiger partial charge in [-0.3, -0.25) is 24.5 Å². The van der Waals surface area contributed by atoms with Crippen LogP contribution in [0, 0.1) is 29.6 Å². The van der Waals surface area contributed by atoms with Crippen molar-refractivity contribution in [2.45, 2.75) is 251 Å². The molecule has 10 atom stereocenters. The molecule has 58 heavy (non-hydrogen) atoms. The fourth-order valence-electron chi connectivity index (χ4n) is 14.7. The molecule has 2 N–H and O–H groups in total. The Morgan fingerprint density at radius 2 is 0.845 bits per heavy atom. The molecule has 0 aromatic carbocycles. The first-order valence-electron chi connectivity index (χ1n) is 26.1. The van der Waals surface area contributed by atoms with Gasteiger partial charge < -0.3 is 10.6 Å². The Morgan fingerprint density at radius 3 is 1.38 bits per heavy atom. The zero-order valence-electron chi connectivity index (χ0n) is 40.0. The maximum atomic E-state index is 3.63. The van der Waals surface area contributed by atoms with Gasteiger partial charge in [0.05, 0.1) is 0 Å². The minimum atomic E-state index is 0.736. The minimum Gasteiger partial charge on any atom is -0.311 e. The highest BCUT2D eigenvalue weighted by molar-refractivity contribution is 4.99. The molecule has 9 aliphatic heterocycles. The number of hydrogen-bond acceptors (Lipinski definition) is 7. The molecule has 13 fully saturated rings. The Hall–Kier alpha value is -0.280. The van der Waals surface area contributed by atoms with E-state index in [9.17, 15) is 0 Å². The molecule has 13 aliphatic rings. The maximum Gasteiger partial charge on any atom is 0.0239 e.